The normalized spacial score (nSPS) is 14.8. The van der Waals surface area contributed by atoms with Gasteiger partial charge in [0.05, 0.1) is 17.1 Å². The Balaban J connectivity index is 1.81. The Morgan fingerprint density at radius 2 is 2.00 bits per heavy atom. The van der Waals surface area contributed by atoms with Gasteiger partial charge in [0.2, 0.25) is 0 Å². The smallest absolute Gasteiger partial charge is 0.276 e. The Bertz CT molecular complexity index is 1040. The Labute approximate surface area is 183 Å². The second kappa shape index (κ2) is 9.10. The molecule has 3 rings (SSSR count). The van der Waals surface area contributed by atoms with Crippen LogP contribution in [0.1, 0.15) is 18.1 Å². The van der Waals surface area contributed by atoms with E-state index in [1.807, 2.05) is 6.92 Å². The van der Waals surface area contributed by atoms with Crippen molar-refractivity contribution >= 4 is 46.6 Å². The number of likely N-dealkylation sites (N-methyl/N-ethyl adjacent to an activating group) is 1. The maximum absolute atomic E-state index is 12.4. The van der Waals surface area contributed by atoms with Crippen molar-refractivity contribution in [2.45, 2.75) is 13.5 Å². The van der Waals surface area contributed by atoms with E-state index >= 15 is 0 Å². The number of hydrogen-bond donors (Lipinski definition) is 1. The van der Waals surface area contributed by atoms with Crippen LogP contribution in [0.25, 0.3) is 6.08 Å². The van der Waals surface area contributed by atoms with Gasteiger partial charge in [-0.25, -0.2) is 0 Å². The predicted octanol–water partition coefficient (Wildman–Crippen LogP) is 3.91. The standard InChI is InChI=1S/C20H18ClN3O5S/c1-3-23-19(25)16(22-20(23)30)9-13-8-15(21)18(17(10-13)28-2)29-11-12-4-6-14(7-5-12)24(26)27/h4-10H,3,11H2,1-2H3,(H,22,30)/b16-9-. The van der Waals surface area contributed by atoms with Gasteiger partial charge in [-0.3, -0.25) is 19.8 Å². The first-order valence-electron chi connectivity index (χ1n) is 8.92. The maximum Gasteiger partial charge on any atom is 0.276 e. The molecule has 0 spiro atoms. The lowest BCUT2D eigenvalue weighted by atomic mass is 10.1. The van der Waals surface area contributed by atoms with Gasteiger partial charge in [-0.2, -0.15) is 0 Å². The average molecular weight is 448 g/mol. The van der Waals surface area contributed by atoms with Crippen LogP contribution in [0.15, 0.2) is 42.1 Å². The lowest BCUT2D eigenvalue weighted by Gasteiger charge is -2.13. The topological polar surface area (TPSA) is 93.9 Å². The lowest BCUT2D eigenvalue weighted by Crippen LogP contribution is -2.30. The monoisotopic (exact) mass is 447 g/mol. The summed E-state index contributed by atoms with van der Waals surface area (Å²) in [6.45, 7) is 2.46. The third kappa shape index (κ3) is 4.52. The predicted molar refractivity (Wildman–Crippen MR) is 117 cm³/mol. The lowest BCUT2D eigenvalue weighted by molar-refractivity contribution is -0.384. The Kier molecular flexibility index (Phi) is 6.53. The van der Waals surface area contributed by atoms with Gasteiger partial charge in [-0.1, -0.05) is 11.6 Å². The molecule has 0 aromatic heterocycles. The fraction of sp³-hybridized carbons (Fsp3) is 0.200. The Hall–Kier alpha value is -3.17. The number of non-ortho nitro benzene ring substituents is 1. The first-order chi connectivity index (χ1) is 14.3. The van der Waals surface area contributed by atoms with Crippen LogP contribution in [-0.4, -0.2) is 34.5 Å². The van der Waals surface area contributed by atoms with Crippen molar-refractivity contribution in [1.29, 1.82) is 0 Å². The third-order valence-electron chi connectivity index (χ3n) is 4.37. The molecule has 0 bridgehead atoms. The molecular weight excluding hydrogens is 430 g/mol. The second-order valence-electron chi connectivity index (χ2n) is 6.28. The molecule has 1 aliphatic rings. The summed E-state index contributed by atoms with van der Waals surface area (Å²) in [4.78, 5) is 24.1. The molecule has 1 fully saturated rings. The molecule has 2 aromatic rings. The van der Waals surface area contributed by atoms with Gasteiger partial charge in [-0.15, -0.1) is 0 Å². The van der Waals surface area contributed by atoms with Gasteiger partial charge in [0.1, 0.15) is 12.3 Å². The molecule has 0 atom stereocenters. The van der Waals surface area contributed by atoms with Crippen LogP contribution < -0.4 is 14.8 Å². The molecule has 0 aliphatic carbocycles. The molecule has 0 radical (unpaired) electrons. The summed E-state index contributed by atoms with van der Waals surface area (Å²) in [5.41, 5.74) is 1.72. The Morgan fingerprint density at radius 1 is 1.30 bits per heavy atom. The van der Waals surface area contributed by atoms with Gasteiger partial charge in [-0.05, 0) is 60.6 Å². The summed E-state index contributed by atoms with van der Waals surface area (Å²) >= 11 is 11.5. The van der Waals surface area contributed by atoms with E-state index in [0.29, 0.717) is 39.4 Å². The first kappa shape index (κ1) is 21.5. The van der Waals surface area contributed by atoms with E-state index in [2.05, 4.69) is 5.32 Å². The van der Waals surface area contributed by atoms with Crippen LogP contribution in [0, 0.1) is 10.1 Å². The van der Waals surface area contributed by atoms with Crippen LogP contribution in [0.4, 0.5) is 5.69 Å². The van der Waals surface area contributed by atoms with Crippen LogP contribution in [0.5, 0.6) is 11.5 Å². The number of benzene rings is 2. The van der Waals surface area contributed by atoms with Crippen molar-refractivity contribution in [3.05, 3.63) is 68.4 Å². The molecule has 2 aromatic carbocycles. The number of halogens is 1. The van der Waals surface area contributed by atoms with Gasteiger partial charge in [0, 0.05) is 18.7 Å². The van der Waals surface area contributed by atoms with Crippen LogP contribution in [-0.2, 0) is 11.4 Å². The highest BCUT2D eigenvalue weighted by Crippen LogP contribution is 2.37. The molecule has 1 amide bonds. The van der Waals surface area contributed by atoms with Crippen LogP contribution in [0.2, 0.25) is 5.02 Å². The van der Waals surface area contributed by atoms with Gasteiger partial charge >= 0.3 is 0 Å². The summed E-state index contributed by atoms with van der Waals surface area (Å²) in [6.07, 6.45) is 1.64. The highest BCUT2D eigenvalue weighted by Gasteiger charge is 2.29. The highest BCUT2D eigenvalue weighted by molar-refractivity contribution is 7.80. The van der Waals surface area contributed by atoms with Crippen molar-refractivity contribution < 1.29 is 19.2 Å². The van der Waals surface area contributed by atoms with Crippen LogP contribution in [0.3, 0.4) is 0 Å². The van der Waals surface area contributed by atoms with Crippen molar-refractivity contribution in [1.82, 2.24) is 10.2 Å². The maximum atomic E-state index is 12.4. The number of nitro benzene ring substituents is 1. The molecule has 30 heavy (non-hydrogen) atoms. The first-order valence-corrected chi connectivity index (χ1v) is 9.70. The summed E-state index contributed by atoms with van der Waals surface area (Å²) in [6, 6.07) is 9.37. The average Bonchev–Trinajstić information content (AvgIpc) is 2.99. The van der Waals surface area contributed by atoms with Gasteiger partial charge in [0.25, 0.3) is 11.6 Å². The second-order valence-corrected chi connectivity index (χ2v) is 7.08. The fourth-order valence-electron chi connectivity index (χ4n) is 2.86. The number of amides is 1. The zero-order chi connectivity index (χ0) is 21.8. The SMILES string of the molecule is CCN1C(=O)/C(=C/c2cc(Cl)c(OCc3ccc([N+](=O)[O-])cc3)c(OC)c2)NC1=S. The van der Waals surface area contributed by atoms with E-state index in [0.717, 1.165) is 5.56 Å². The number of rotatable bonds is 7. The number of nitro groups is 1. The number of ether oxygens (including phenoxy) is 2. The number of hydrogen-bond acceptors (Lipinski definition) is 6. The minimum absolute atomic E-state index is 0.00272. The number of thiocarbonyl (C=S) groups is 1. The summed E-state index contributed by atoms with van der Waals surface area (Å²) in [7, 11) is 1.48. The summed E-state index contributed by atoms with van der Waals surface area (Å²) in [5, 5.41) is 14.3. The number of nitrogens with zero attached hydrogens (tertiary/aromatic N) is 2. The molecule has 1 aliphatic heterocycles. The van der Waals surface area contributed by atoms with E-state index in [-0.39, 0.29) is 18.2 Å². The largest absolute Gasteiger partial charge is 0.493 e. The molecule has 156 valence electrons. The highest BCUT2D eigenvalue weighted by atomic mass is 35.5. The van der Waals surface area contributed by atoms with Crippen molar-refractivity contribution in [3.8, 4) is 11.5 Å². The summed E-state index contributed by atoms with van der Waals surface area (Å²) in [5.74, 6) is 0.504. The molecule has 8 nitrogen and oxygen atoms in total. The number of methoxy groups -OCH3 is 1. The molecular formula is C20H18ClN3O5S. The number of carbonyl (C=O) groups is 1. The molecule has 10 heteroatoms. The van der Waals surface area contributed by atoms with E-state index in [9.17, 15) is 14.9 Å². The van der Waals surface area contributed by atoms with E-state index in [1.165, 1.54) is 24.1 Å². The van der Waals surface area contributed by atoms with E-state index in [1.54, 1.807) is 30.3 Å². The van der Waals surface area contributed by atoms with E-state index < -0.39 is 4.92 Å². The molecule has 1 N–H and O–H groups in total. The van der Waals surface area contributed by atoms with Crippen molar-refractivity contribution in [3.63, 3.8) is 0 Å². The van der Waals surface area contributed by atoms with Crippen LogP contribution >= 0.6 is 23.8 Å². The summed E-state index contributed by atoms with van der Waals surface area (Å²) < 4.78 is 11.2. The zero-order valence-electron chi connectivity index (χ0n) is 16.2. The molecule has 0 saturated carbocycles. The minimum Gasteiger partial charge on any atom is -0.493 e. The third-order valence-corrected chi connectivity index (χ3v) is 4.97. The van der Waals surface area contributed by atoms with Crippen molar-refractivity contribution in [2.75, 3.05) is 13.7 Å². The molecule has 1 heterocycles. The van der Waals surface area contributed by atoms with Gasteiger partial charge in [0.15, 0.2) is 16.6 Å². The molecule has 0 unspecified atom stereocenters. The minimum atomic E-state index is -0.464. The van der Waals surface area contributed by atoms with E-state index in [4.69, 9.17) is 33.3 Å². The number of carbonyl (C=O) groups excluding carboxylic acids is 1. The quantitative estimate of drug-likeness (QED) is 0.297. The van der Waals surface area contributed by atoms with Crippen molar-refractivity contribution in [2.24, 2.45) is 0 Å². The fourth-order valence-corrected chi connectivity index (χ4v) is 3.45. The van der Waals surface area contributed by atoms with Gasteiger partial charge < -0.3 is 14.8 Å². The number of nitrogens with one attached hydrogen (secondary N) is 1. The molecule has 1 saturated heterocycles. The zero-order valence-corrected chi connectivity index (χ0v) is 17.7. The Morgan fingerprint density at radius 3 is 2.57 bits per heavy atom.